The van der Waals surface area contributed by atoms with Crippen molar-refractivity contribution in [2.45, 2.75) is 82.5 Å². The largest absolute Gasteiger partial charge is 0.489 e. The summed E-state index contributed by atoms with van der Waals surface area (Å²) in [4.78, 5) is 39.2. The van der Waals surface area contributed by atoms with Gasteiger partial charge in [0.1, 0.15) is 59.8 Å². The third kappa shape index (κ3) is 7.59. The van der Waals surface area contributed by atoms with E-state index in [4.69, 9.17) is 35.5 Å². The SMILES string of the molecule is CC(C)(C)OC(=O)Nc1sc2c(F)ccc(-c3c(Cl)c4c5c(nc(OC[C@@]67CCCN6C[C@H](F)C7)nc5c3F)N3C[C@H](NC(=O)OCc5ccccc5)C[C@H]3CO4)c2c1C#N. The molecule has 9 rings (SSSR count). The fourth-order valence-corrected chi connectivity index (χ4v) is 10.4. The van der Waals surface area contributed by atoms with Crippen LogP contribution in [-0.4, -0.2) is 89.3 Å². The van der Waals surface area contributed by atoms with Gasteiger partial charge in [0.15, 0.2) is 11.6 Å². The van der Waals surface area contributed by atoms with Gasteiger partial charge in [0, 0.05) is 30.5 Å². The van der Waals surface area contributed by atoms with Crippen LogP contribution in [0.1, 0.15) is 57.6 Å². The van der Waals surface area contributed by atoms with Crippen LogP contribution in [0.5, 0.6) is 11.8 Å². The van der Waals surface area contributed by atoms with Crippen LogP contribution in [0.25, 0.3) is 32.1 Å². The number of ether oxygens (including phenoxy) is 4. The number of nitriles is 1. The van der Waals surface area contributed by atoms with Crippen LogP contribution >= 0.6 is 22.9 Å². The van der Waals surface area contributed by atoms with Crippen molar-refractivity contribution < 1.29 is 41.7 Å². The zero-order valence-corrected chi connectivity index (χ0v) is 35.0. The number of anilines is 2. The highest BCUT2D eigenvalue weighted by atomic mass is 35.5. The van der Waals surface area contributed by atoms with Crippen LogP contribution in [0.15, 0.2) is 42.5 Å². The van der Waals surface area contributed by atoms with Crippen LogP contribution in [0.4, 0.5) is 33.6 Å². The molecule has 13 nitrogen and oxygen atoms in total. The number of fused-ring (bicyclic) bond motifs is 4. The fourth-order valence-electron chi connectivity index (χ4n) is 9.05. The molecule has 2 N–H and O–H groups in total. The lowest BCUT2D eigenvalue weighted by atomic mass is 9.95. The van der Waals surface area contributed by atoms with Crippen LogP contribution in [-0.2, 0) is 16.1 Å². The number of rotatable bonds is 8. The van der Waals surface area contributed by atoms with Crippen LogP contribution in [0.2, 0.25) is 5.02 Å². The molecule has 61 heavy (non-hydrogen) atoms. The topological polar surface area (TPSA) is 151 Å². The Labute approximate surface area is 357 Å². The van der Waals surface area contributed by atoms with Crippen LogP contribution in [0.3, 0.4) is 0 Å². The molecule has 4 atom stereocenters. The molecule has 2 amide bonds. The first-order valence-corrected chi connectivity index (χ1v) is 21.2. The predicted octanol–water partition coefficient (Wildman–Crippen LogP) is 8.88. The molecule has 0 radical (unpaired) electrons. The number of aromatic nitrogens is 2. The molecule has 0 saturated carbocycles. The van der Waals surface area contributed by atoms with Crippen molar-refractivity contribution in [3.63, 3.8) is 0 Å². The maximum absolute atomic E-state index is 17.6. The van der Waals surface area contributed by atoms with Gasteiger partial charge in [-0.15, -0.1) is 11.3 Å². The first-order valence-electron chi connectivity index (χ1n) is 20.0. The van der Waals surface area contributed by atoms with Gasteiger partial charge in [0.05, 0.1) is 38.3 Å². The lowest BCUT2D eigenvalue weighted by molar-refractivity contribution is 0.0636. The lowest BCUT2D eigenvalue weighted by Gasteiger charge is -2.31. The molecule has 5 aromatic rings. The highest BCUT2D eigenvalue weighted by Crippen LogP contribution is 2.52. The second-order valence-corrected chi connectivity index (χ2v) is 18.2. The predicted molar refractivity (Wildman–Crippen MR) is 223 cm³/mol. The van der Waals surface area contributed by atoms with Crippen molar-refractivity contribution in [3.05, 3.63) is 70.2 Å². The molecule has 2 aromatic heterocycles. The molecule has 18 heteroatoms. The Balaban J connectivity index is 1.13. The monoisotopic (exact) mass is 875 g/mol. The van der Waals surface area contributed by atoms with E-state index < -0.39 is 47.2 Å². The van der Waals surface area contributed by atoms with Crippen molar-refractivity contribution in [2.24, 2.45) is 0 Å². The summed E-state index contributed by atoms with van der Waals surface area (Å²) in [5.74, 6) is -1.32. The number of carbonyl (C=O) groups excluding carboxylic acids is 2. The van der Waals surface area contributed by atoms with Crippen molar-refractivity contribution >= 4 is 66.9 Å². The Morgan fingerprint density at radius 1 is 1.11 bits per heavy atom. The molecule has 318 valence electrons. The molecule has 0 spiro atoms. The Kier molecular flexibility index (Phi) is 10.5. The number of alkyl halides is 1. The van der Waals surface area contributed by atoms with E-state index in [-0.39, 0.29) is 104 Å². The molecule has 4 aliphatic heterocycles. The average molecular weight is 876 g/mol. The van der Waals surface area contributed by atoms with E-state index >= 15 is 8.78 Å². The number of halogens is 4. The number of nitrogens with one attached hydrogen (secondary N) is 2. The number of carbonyl (C=O) groups is 2. The van der Waals surface area contributed by atoms with E-state index in [1.165, 1.54) is 6.07 Å². The van der Waals surface area contributed by atoms with Crippen LogP contribution in [0, 0.1) is 23.0 Å². The Morgan fingerprint density at radius 2 is 1.92 bits per heavy atom. The Bertz CT molecular complexity index is 2620. The summed E-state index contributed by atoms with van der Waals surface area (Å²) in [7, 11) is 0. The van der Waals surface area contributed by atoms with Crippen molar-refractivity contribution in [1.82, 2.24) is 20.2 Å². The highest BCUT2D eigenvalue weighted by molar-refractivity contribution is 7.23. The van der Waals surface area contributed by atoms with Gasteiger partial charge in [-0.25, -0.2) is 22.8 Å². The van der Waals surface area contributed by atoms with Gasteiger partial charge < -0.3 is 29.2 Å². The molecule has 0 unspecified atom stereocenters. The van der Waals surface area contributed by atoms with Gasteiger partial charge in [0.25, 0.3) is 0 Å². The molecular formula is C43H41ClF3N7O6S. The number of amides is 2. The highest BCUT2D eigenvalue weighted by Gasteiger charge is 2.50. The number of nitrogens with zero attached hydrogens (tertiary/aromatic N) is 5. The zero-order chi connectivity index (χ0) is 42.8. The van der Waals surface area contributed by atoms with E-state index in [1.807, 2.05) is 41.3 Å². The van der Waals surface area contributed by atoms with Crippen molar-refractivity contribution in [3.8, 4) is 29.0 Å². The fraction of sp³-hybridized carbons (Fsp3) is 0.419. The van der Waals surface area contributed by atoms with Gasteiger partial charge in [0.2, 0.25) is 0 Å². The molecule has 3 saturated heterocycles. The molecule has 4 aliphatic rings. The number of hydrogen-bond acceptors (Lipinski definition) is 12. The Morgan fingerprint density at radius 3 is 2.69 bits per heavy atom. The maximum Gasteiger partial charge on any atom is 0.412 e. The van der Waals surface area contributed by atoms with E-state index in [9.17, 15) is 19.2 Å². The molecule has 6 heterocycles. The van der Waals surface area contributed by atoms with Crippen LogP contribution < -0.4 is 25.0 Å². The third-order valence-corrected chi connectivity index (χ3v) is 13.1. The number of benzene rings is 3. The van der Waals surface area contributed by atoms with Gasteiger partial charge in [-0.2, -0.15) is 15.2 Å². The zero-order valence-electron chi connectivity index (χ0n) is 33.5. The summed E-state index contributed by atoms with van der Waals surface area (Å²) in [5, 5.41) is 15.9. The van der Waals surface area contributed by atoms with Gasteiger partial charge in [-0.3, -0.25) is 10.2 Å². The molecule has 3 fully saturated rings. The first kappa shape index (κ1) is 40.8. The van der Waals surface area contributed by atoms with Crippen molar-refractivity contribution in [2.75, 3.05) is 43.1 Å². The summed E-state index contributed by atoms with van der Waals surface area (Å²) in [6.45, 7) is 6.50. The molecule has 0 aliphatic carbocycles. The minimum atomic E-state index is -1.01. The average Bonchev–Trinajstić information content (AvgIpc) is 3.95. The quantitative estimate of drug-likeness (QED) is 0.154. The van der Waals surface area contributed by atoms with Gasteiger partial charge in [-0.05, 0) is 63.8 Å². The number of hydrogen-bond donors (Lipinski definition) is 2. The van der Waals surface area contributed by atoms with E-state index in [2.05, 4.69) is 20.5 Å². The summed E-state index contributed by atoms with van der Waals surface area (Å²) in [5.41, 5.74) is -1.11. The Hall–Kier alpha value is -5.57. The van der Waals surface area contributed by atoms with E-state index in [0.717, 1.165) is 42.4 Å². The molecule has 0 bridgehead atoms. The minimum absolute atomic E-state index is 0.000561. The third-order valence-electron chi connectivity index (χ3n) is 11.6. The normalized spacial score (nSPS) is 22.0. The summed E-state index contributed by atoms with van der Waals surface area (Å²) < 4.78 is 71.5. The van der Waals surface area contributed by atoms with E-state index in [1.54, 1.807) is 20.8 Å². The summed E-state index contributed by atoms with van der Waals surface area (Å²) in [6, 6.07) is 12.8. The standard InChI is InChI=1S/C43H41ClF3N7O6S/c1-42(2,3)60-41(56)52-38-27(16-48)29-26(10-11-28(46)36(29)61-38)30-32(44)35-31-34(33(30)47)50-39(59-21-43-12-7-13-53(43)17-23(45)15-43)51-37(31)54-18-24(14-25(54)20-57-35)49-40(55)58-19-22-8-5-4-6-9-22/h4-6,8-11,23-25H,7,12-15,17-21H2,1-3H3,(H,49,55)(H,52,56)/t23-,24-,25+,43+/m1/s1. The number of alkyl carbamates (subject to hydrolysis) is 1. The summed E-state index contributed by atoms with van der Waals surface area (Å²) >= 11 is 7.96. The van der Waals surface area contributed by atoms with E-state index in [0.29, 0.717) is 13.0 Å². The van der Waals surface area contributed by atoms with Gasteiger partial charge >= 0.3 is 18.2 Å². The molecule has 3 aromatic carbocycles. The molecular weight excluding hydrogens is 835 g/mol. The second-order valence-electron chi connectivity index (χ2n) is 16.8. The first-order chi connectivity index (χ1) is 29.2. The maximum atomic E-state index is 17.6. The minimum Gasteiger partial charge on any atom is -0.489 e. The second kappa shape index (κ2) is 15.7. The lowest BCUT2D eigenvalue weighted by Crippen LogP contribution is -2.43. The number of thiophene rings is 1. The van der Waals surface area contributed by atoms with Crippen molar-refractivity contribution in [1.29, 1.82) is 5.26 Å². The summed E-state index contributed by atoms with van der Waals surface area (Å²) in [6.07, 6.45) is -0.185. The smallest absolute Gasteiger partial charge is 0.412 e. The van der Waals surface area contributed by atoms with Gasteiger partial charge in [-0.1, -0.05) is 48.0 Å².